The van der Waals surface area contributed by atoms with Crippen LogP contribution in [0.1, 0.15) is 52.4 Å². The van der Waals surface area contributed by atoms with Gasteiger partial charge in [0.2, 0.25) is 10.0 Å². The van der Waals surface area contributed by atoms with Crippen LogP contribution in [0, 0.1) is 0 Å². The Morgan fingerprint density at radius 1 is 1.09 bits per heavy atom. The Kier molecular flexibility index (Phi) is 6.50. The molecule has 128 valence electrons. The number of piperidine rings is 1. The van der Waals surface area contributed by atoms with Gasteiger partial charge in [-0.05, 0) is 45.4 Å². The summed E-state index contributed by atoms with van der Waals surface area (Å²) in [4.78, 5) is 4.50. The molecule has 0 amide bonds. The van der Waals surface area contributed by atoms with Gasteiger partial charge in [0, 0.05) is 31.7 Å². The molecule has 2 N–H and O–H groups in total. The van der Waals surface area contributed by atoms with Gasteiger partial charge in [-0.25, -0.2) is 12.7 Å². The molecule has 0 radical (unpaired) electrons. The third kappa shape index (κ3) is 4.84. The van der Waals surface area contributed by atoms with Crippen LogP contribution in [0.25, 0.3) is 0 Å². The summed E-state index contributed by atoms with van der Waals surface area (Å²) in [5.74, 6) is 1.15. The van der Waals surface area contributed by atoms with Gasteiger partial charge in [0.05, 0.1) is 5.75 Å². The quantitative estimate of drug-likeness (QED) is 0.569. The zero-order valence-corrected chi connectivity index (χ0v) is 14.7. The van der Waals surface area contributed by atoms with Crippen LogP contribution in [0.4, 0.5) is 0 Å². The molecule has 0 aromatic carbocycles. The lowest BCUT2D eigenvalue weighted by Gasteiger charge is -2.34. The minimum absolute atomic E-state index is 0.261. The molecule has 22 heavy (non-hydrogen) atoms. The second-order valence-electron chi connectivity index (χ2n) is 6.23. The summed E-state index contributed by atoms with van der Waals surface area (Å²) in [5.41, 5.74) is 0. The second kappa shape index (κ2) is 8.15. The molecular formula is C15H30N4O2S. The lowest BCUT2D eigenvalue weighted by molar-refractivity contribution is 0.303. The first-order valence-electron chi connectivity index (χ1n) is 8.60. The molecule has 0 aromatic rings. The molecule has 2 aliphatic rings. The lowest BCUT2D eigenvalue weighted by Crippen LogP contribution is -2.53. The predicted octanol–water partition coefficient (Wildman–Crippen LogP) is 1.30. The number of nitrogens with one attached hydrogen (secondary N) is 2. The molecule has 0 unspecified atom stereocenters. The van der Waals surface area contributed by atoms with E-state index in [9.17, 15) is 8.42 Å². The van der Waals surface area contributed by atoms with Crippen molar-refractivity contribution in [3.63, 3.8) is 0 Å². The summed E-state index contributed by atoms with van der Waals surface area (Å²) in [6.45, 7) is 5.92. The van der Waals surface area contributed by atoms with Gasteiger partial charge >= 0.3 is 0 Å². The molecule has 0 bridgehead atoms. The molecule has 0 aromatic heterocycles. The second-order valence-corrected chi connectivity index (χ2v) is 8.32. The predicted molar refractivity (Wildman–Crippen MR) is 90.6 cm³/mol. The van der Waals surface area contributed by atoms with Crippen molar-refractivity contribution < 1.29 is 8.42 Å². The number of sulfonamides is 1. The van der Waals surface area contributed by atoms with Crippen LogP contribution >= 0.6 is 0 Å². The summed E-state index contributed by atoms with van der Waals surface area (Å²) in [5, 5.41) is 6.95. The highest BCUT2D eigenvalue weighted by atomic mass is 32.2. The molecule has 7 heteroatoms. The third-order valence-corrected chi connectivity index (χ3v) is 6.49. The van der Waals surface area contributed by atoms with Crippen molar-refractivity contribution in [1.82, 2.24) is 14.9 Å². The van der Waals surface area contributed by atoms with E-state index in [4.69, 9.17) is 0 Å². The molecule has 0 atom stereocenters. The van der Waals surface area contributed by atoms with E-state index in [1.54, 1.807) is 4.31 Å². The number of nitrogens with zero attached hydrogens (tertiary/aromatic N) is 2. The van der Waals surface area contributed by atoms with Gasteiger partial charge in [-0.1, -0.05) is 6.92 Å². The Morgan fingerprint density at radius 3 is 2.14 bits per heavy atom. The van der Waals surface area contributed by atoms with Gasteiger partial charge in [-0.15, -0.1) is 0 Å². The van der Waals surface area contributed by atoms with Crippen LogP contribution in [-0.2, 0) is 10.0 Å². The maximum Gasteiger partial charge on any atom is 0.214 e. The summed E-state index contributed by atoms with van der Waals surface area (Å²) in [6, 6.07) is 0.869. The average molecular weight is 330 g/mol. The minimum atomic E-state index is -3.05. The smallest absolute Gasteiger partial charge is 0.214 e. The lowest BCUT2D eigenvalue weighted by atomic mass is 9.93. The van der Waals surface area contributed by atoms with Crippen molar-refractivity contribution >= 4 is 16.0 Å². The Balaban J connectivity index is 1.81. The first-order chi connectivity index (χ1) is 10.5. The van der Waals surface area contributed by atoms with E-state index in [2.05, 4.69) is 15.6 Å². The molecule has 1 saturated carbocycles. The van der Waals surface area contributed by atoms with Gasteiger partial charge in [0.1, 0.15) is 0 Å². The normalized spacial score (nSPS) is 22.4. The molecule has 1 saturated heterocycles. The van der Waals surface area contributed by atoms with E-state index in [1.165, 1.54) is 19.3 Å². The van der Waals surface area contributed by atoms with Crippen LogP contribution in [0.5, 0.6) is 0 Å². The van der Waals surface area contributed by atoms with Gasteiger partial charge < -0.3 is 10.6 Å². The summed E-state index contributed by atoms with van der Waals surface area (Å²) < 4.78 is 25.8. The van der Waals surface area contributed by atoms with Crippen molar-refractivity contribution in [3.05, 3.63) is 0 Å². The monoisotopic (exact) mass is 330 g/mol. The van der Waals surface area contributed by atoms with Gasteiger partial charge in [-0.2, -0.15) is 0 Å². The van der Waals surface area contributed by atoms with E-state index in [1.807, 2.05) is 13.8 Å². The highest BCUT2D eigenvalue weighted by Crippen LogP contribution is 2.18. The minimum Gasteiger partial charge on any atom is -0.354 e. The standard InChI is InChI=1S/C15H30N4O2S/c1-3-12-22(20,21)19-10-8-14(9-11-19)18-15(16-4-2)17-13-6-5-7-13/h13-14H,3-12H2,1-2H3,(H2,16,17,18). The fourth-order valence-electron chi connectivity index (χ4n) is 2.90. The average Bonchev–Trinajstić information content (AvgIpc) is 2.43. The maximum atomic E-state index is 12.1. The number of hydrogen-bond donors (Lipinski definition) is 2. The van der Waals surface area contributed by atoms with Crippen molar-refractivity contribution in [2.75, 3.05) is 25.4 Å². The number of rotatable bonds is 6. The number of aliphatic imine (C=N–C) groups is 1. The van der Waals surface area contributed by atoms with Crippen molar-refractivity contribution in [2.24, 2.45) is 4.99 Å². The van der Waals surface area contributed by atoms with Crippen LogP contribution in [0.3, 0.4) is 0 Å². The van der Waals surface area contributed by atoms with Crippen LogP contribution in [0.2, 0.25) is 0 Å². The molecule has 2 rings (SSSR count). The summed E-state index contributed by atoms with van der Waals surface area (Å²) in [7, 11) is -3.05. The first kappa shape index (κ1) is 17.5. The highest BCUT2D eigenvalue weighted by molar-refractivity contribution is 7.89. The molecule has 6 nitrogen and oxygen atoms in total. The fourth-order valence-corrected chi connectivity index (χ4v) is 4.44. The van der Waals surface area contributed by atoms with Crippen LogP contribution in [0.15, 0.2) is 4.99 Å². The van der Waals surface area contributed by atoms with Crippen molar-refractivity contribution in [3.8, 4) is 0 Å². The first-order valence-corrected chi connectivity index (χ1v) is 10.2. The summed E-state index contributed by atoms with van der Waals surface area (Å²) in [6.07, 6.45) is 6.11. The Hall–Kier alpha value is -0.820. The van der Waals surface area contributed by atoms with E-state index in [0.29, 0.717) is 31.6 Å². The Labute approximate surface area is 134 Å². The molecule has 2 fully saturated rings. The van der Waals surface area contributed by atoms with Crippen molar-refractivity contribution in [2.45, 2.75) is 64.5 Å². The zero-order chi connectivity index (χ0) is 16.0. The van der Waals surface area contributed by atoms with Gasteiger partial charge in [0.25, 0.3) is 0 Å². The number of hydrogen-bond acceptors (Lipinski definition) is 3. The Morgan fingerprint density at radius 2 is 1.68 bits per heavy atom. The SMILES string of the molecule is CCCS(=O)(=O)N1CCC(NC(=NCC)NC2CCC2)CC1. The fraction of sp³-hybridized carbons (Fsp3) is 0.933. The third-order valence-electron chi connectivity index (χ3n) is 4.41. The van der Waals surface area contributed by atoms with E-state index < -0.39 is 10.0 Å². The highest BCUT2D eigenvalue weighted by Gasteiger charge is 2.28. The van der Waals surface area contributed by atoms with E-state index in [-0.39, 0.29) is 5.75 Å². The van der Waals surface area contributed by atoms with Gasteiger partial charge in [0.15, 0.2) is 5.96 Å². The van der Waals surface area contributed by atoms with Crippen LogP contribution in [-0.4, -0.2) is 56.2 Å². The molecule has 1 aliphatic heterocycles. The molecule has 0 spiro atoms. The Bertz CT molecular complexity index is 466. The zero-order valence-electron chi connectivity index (χ0n) is 13.8. The van der Waals surface area contributed by atoms with Gasteiger partial charge in [-0.3, -0.25) is 4.99 Å². The maximum absolute atomic E-state index is 12.1. The van der Waals surface area contributed by atoms with Crippen molar-refractivity contribution in [1.29, 1.82) is 0 Å². The van der Waals surface area contributed by atoms with Crippen LogP contribution < -0.4 is 10.6 Å². The van der Waals surface area contributed by atoms with E-state index >= 15 is 0 Å². The topological polar surface area (TPSA) is 73.8 Å². The molecule has 1 aliphatic carbocycles. The summed E-state index contributed by atoms with van der Waals surface area (Å²) >= 11 is 0. The largest absolute Gasteiger partial charge is 0.354 e. The molecular weight excluding hydrogens is 300 g/mol. The number of guanidine groups is 1. The van der Waals surface area contributed by atoms with E-state index in [0.717, 1.165) is 25.3 Å². The molecule has 1 heterocycles.